The van der Waals surface area contributed by atoms with E-state index in [4.69, 9.17) is 0 Å². The van der Waals surface area contributed by atoms with Gasteiger partial charge < -0.3 is 5.32 Å². The van der Waals surface area contributed by atoms with Crippen molar-refractivity contribution in [3.63, 3.8) is 0 Å². The fourth-order valence-corrected chi connectivity index (χ4v) is 2.03. The summed E-state index contributed by atoms with van der Waals surface area (Å²) in [5.41, 5.74) is -1.66. The largest absolute Gasteiger partial charge is 0.416 e. The highest BCUT2D eigenvalue weighted by molar-refractivity contribution is 5.75. The van der Waals surface area contributed by atoms with Gasteiger partial charge in [-0.05, 0) is 17.7 Å². The molecule has 0 radical (unpaired) electrons. The summed E-state index contributed by atoms with van der Waals surface area (Å²) in [6.45, 7) is -0.400. The Balaban J connectivity index is 1.93. The van der Waals surface area contributed by atoms with Crippen molar-refractivity contribution >= 4 is 11.6 Å². The number of nitrogens with zero attached hydrogens (tertiary/aromatic N) is 3. The average Bonchev–Trinajstić information content (AvgIpc) is 3.00. The van der Waals surface area contributed by atoms with Gasteiger partial charge >= 0.3 is 11.9 Å². The Morgan fingerprint density at radius 2 is 2.08 bits per heavy atom. The van der Waals surface area contributed by atoms with Crippen LogP contribution in [0, 0.1) is 15.9 Å². The summed E-state index contributed by atoms with van der Waals surface area (Å²) in [7, 11) is 0. The van der Waals surface area contributed by atoms with Gasteiger partial charge in [0.05, 0.1) is 10.5 Å². The second kappa shape index (κ2) is 7.28. The molecule has 1 aromatic carbocycles. The number of carbonyl (C=O) groups is 1. The molecule has 1 heterocycles. The van der Waals surface area contributed by atoms with E-state index >= 15 is 0 Å². The predicted molar refractivity (Wildman–Crippen MR) is 76.7 cm³/mol. The minimum atomic E-state index is -4.74. The molecule has 25 heavy (non-hydrogen) atoms. The lowest BCUT2D eigenvalue weighted by atomic mass is 10.1. The lowest BCUT2D eigenvalue weighted by molar-refractivity contribution is -0.385. The molecule has 0 saturated carbocycles. The molecule has 1 N–H and O–H groups in total. The van der Waals surface area contributed by atoms with Crippen LogP contribution in [0.1, 0.15) is 17.5 Å². The van der Waals surface area contributed by atoms with Crippen LogP contribution in [-0.4, -0.2) is 20.6 Å². The van der Waals surface area contributed by atoms with E-state index in [-0.39, 0.29) is 24.2 Å². The molecule has 0 saturated heterocycles. The highest BCUT2D eigenvalue weighted by Crippen LogP contribution is 2.32. The number of benzene rings is 1. The molecule has 0 atom stereocenters. The van der Waals surface area contributed by atoms with Gasteiger partial charge in [0.15, 0.2) is 0 Å². The van der Waals surface area contributed by atoms with E-state index in [1.807, 2.05) is 0 Å². The number of carbonyl (C=O) groups excluding carboxylic acids is 1. The number of nitro groups is 1. The lowest BCUT2D eigenvalue weighted by Gasteiger charge is -2.13. The number of aryl methyl sites for hydroxylation is 1. The molecular formula is C14H12F4N4O3. The fourth-order valence-electron chi connectivity index (χ4n) is 2.03. The number of hydrogen-bond donors (Lipinski definition) is 1. The number of nitrogens with one attached hydrogen (secondary N) is 1. The Labute approximate surface area is 138 Å². The van der Waals surface area contributed by atoms with Crippen molar-refractivity contribution in [3.8, 4) is 0 Å². The zero-order chi connectivity index (χ0) is 18.6. The predicted octanol–water partition coefficient (Wildman–Crippen LogP) is 2.66. The average molecular weight is 360 g/mol. The number of amides is 1. The number of hydrogen-bond acceptors (Lipinski definition) is 4. The second-order valence-corrected chi connectivity index (χ2v) is 5.04. The maximum absolute atomic E-state index is 13.0. The molecule has 2 aromatic rings. The summed E-state index contributed by atoms with van der Waals surface area (Å²) >= 11 is 0. The molecule has 0 aliphatic rings. The highest BCUT2D eigenvalue weighted by Gasteiger charge is 2.33. The van der Waals surface area contributed by atoms with Crippen LogP contribution < -0.4 is 5.32 Å². The topological polar surface area (TPSA) is 90.1 Å². The van der Waals surface area contributed by atoms with E-state index in [1.165, 1.54) is 4.68 Å². The first-order chi connectivity index (χ1) is 11.7. The molecule has 1 amide bonds. The summed E-state index contributed by atoms with van der Waals surface area (Å²) < 4.78 is 52.7. The van der Waals surface area contributed by atoms with Crippen LogP contribution in [0.5, 0.6) is 0 Å². The van der Waals surface area contributed by atoms with E-state index in [0.717, 1.165) is 24.5 Å². The first-order valence-corrected chi connectivity index (χ1v) is 6.96. The van der Waals surface area contributed by atoms with Crippen LogP contribution >= 0.6 is 0 Å². The van der Waals surface area contributed by atoms with Crippen LogP contribution in [0.2, 0.25) is 0 Å². The SMILES string of the molecule is O=C(CCn1cc([N+](=O)[O-])cn1)NCc1ccc(F)cc1C(F)(F)F. The molecule has 0 unspecified atom stereocenters. The van der Waals surface area contributed by atoms with E-state index in [2.05, 4.69) is 10.4 Å². The summed E-state index contributed by atoms with van der Waals surface area (Å²) in [6.07, 6.45) is -2.72. The molecule has 0 spiro atoms. The summed E-state index contributed by atoms with van der Waals surface area (Å²) in [5.74, 6) is -1.60. The number of halogens is 4. The van der Waals surface area contributed by atoms with E-state index in [0.29, 0.717) is 6.07 Å². The zero-order valence-corrected chi connectivity index (χ0v) is 12.6. The van der Waals surface area contributed by atoms with Gasteiger partial charge in [-0.2, -0.15) is 18.3 Å². The molecule has 0 bridgehead atoms. The van der Waals surface area contributed by atoms with Crippen LogP contribution in [0.3, 0.4) is 0 Å². The Morgan fingerprint density at radius 1 is 1.36 bits per heavy atom. The number of alkyl halides is 3. The van der Waals surface area contributed by atoms with Crippen molar-refractivity contribution in [1.29, 1.82) is 0 Å². The Hall–Kier alpha value is -2.98. The molecule has 7 nitrogen and oxygen atoms in total. The standard InChI is InChI=1S/C14H12F4N4O3/c15-10-2-1-9(12(5-10)14(16,17)18)6-19-13(23)3-4-21-8-11(7-20-21)22(24)25/h1-2,5,7-8H,3-4,6H2,(H,19,23). The van der Waals surface area contributed by atoms with Crippen LogP contribution in [-0.2, 0) is 24.1 Å². The van der Waals surface area contributed by atoms with Gasteiger partial charge in [0.2, 0.25) is 5.91 Å². The van der Waals surface area contributed by atoms with Crippen LogP contribution in [0.4, 0.5) is 23.2 Å². The van der Waals surface area contributed by atoms with Crippen molar-refractivity contribution in [2.24, 2.45) is 0 Å². The number of rotatable bonds is 6. The fraction of sp³-hybridized carbons (Fsp3) is 0.286. The van der Waals surface area contributed by atoms with Crippen molar-refractivity contribution < 1.29 is 27.3 Å². The third-order valence-electron chi connectivity index (χ3n) is 3.25. The van der Waals surface area contributed by atoms with Crippen molar-refractivity contribution in [2.75, 3.05) is 0 Å². The van der Waals surface area contributed by atoms with E-state index in [9.17, 15) is 32.5 Å². The third kappa shape index (κ3) is 4.99. The highest BCUT2D eigenvalue weighted by atomic mass is 19.4. The summed E-state index contributed by atoms with van der Waals surface area (Å²) in [5, 5.41) is 16.5. The summed E-state index contributed by atoms with van der Waals surface area (Å²) in [4.78, 5) is 21.6. The molecule has 0 aliphatic heterocycles. The van der Waals surface area contributed by atoms with Crippen molar-refractivity contribution in [3.05, 3.63) is 57.7 Å². The van der Waals surface area contributed by atoms with Gasteiger partial charge in [-0.15, -0.1) is 0 Å². The minimum Gasteiger partial charge on any atom is -0.352 e. The zero-order valence-electron chi connectivity index (χ0n) is 12.6. The Kier molecular flexibility index (Phi) is 5.35. The molecule has 2 rings (SSSR count). The molecule has 134 valence electrons. The second-order valence-electron chi connectivity index (χ2n) is 5.04. The van der Waals surface area contributed by atoms with Gasteiger partial charge in [-0.3, -0.25) is 19.6 Å². The normalized spacial score (nSPS) is 11.4. The molecule has 0 aliphatic carbocycles. The van der Waals surface area contributed by atoms with Gasteiger partial charge in [0.25, 0.3) is 0 Å². The molecule has 1 aromatic heterocycles. The van der Waals surface area contributed by atoms with E-state index < -0.39 is 34.9 Å². The quantitative estimate of drug-likeness (QED) is 0.487. The van der Waals surface area contributed by atoms with Crippen molar-refractivity contribution in [1.82, 2.24) is 15.1 Å². The van der Waals surface area contributed by atoms with Gasteiger partial charge in [-0.1, -0.05) is 6.07 Å². The van der Waals surface area contributed by atoms with E-state index in [1.54, 1.807) is 0 Å². The molecule has 0 fully saturated rings. The maximum Gasteiger partial charge on any atom is 0.416 e. The smallest absolute Gasteiger partial charge is 0.352 e. The maximum atomic E-state index is 13.0. The van der Waals surface area contributed by atoms with Gasteiger partial charge in [0.1, 0.15) is 18.2 Å². The summed E-state index contributed by atoms with van der Waals surface area (Å²) in [6, 6.07) is 2.19. The van der Waals surface area contributed by atoms with Crippen LogP contribution in [0.15, 0.2) is 30.6 Å². The Bertz CT molecular complexity index is 789. The lowest BCUT2D eigenvalue weighted by Crippen LogP contribution is -2.25. The third-order valence-corrected chi connectivity index (χ3v) is 3.25. The monoisotopic (exact) mass is 360 g/mol. The van der Waals surface area contributed by atoms with Crippen molar-refractivity contribution in [2.45, 2.75) is 25.7 Å². The number of aromatic nitrogens is 2. The minimum absolute atomic E-state index is 0.0230. The van der Waals surface area contributed by atoms with Gasteiger partial charge in [-0.25, -0.2) is 4.39 Å². The Morgan fingerprint density at radius 3 is 2.68 bits per heavy atom. The van der Waals surface area contributed by atoms with Crippen LogP contribution in [0.25, 0.3) is 0 Å². The molecule has 11 heteroatoms. The molecular weight excluding hydrogens is 348 g/mol. The van der Waals surface area contributed by atoms with Gasteiger partial charge in [0, 0.05) is 19.5 Å². The first kappa shape index (κ1) is 18.4. The first-order valence-electron chi connectivity index (χ1n) is 6.96.